The average molecular weight is 257 g/mol. The maximum absolute atomic E-state index is 2.57. The van der Waals surface area contributed by atoms with E-state index in [2.05, 4.69) is 55.6 Å². The van der Waals surface area contributed by atoms with E-state index in [1.807, 2.05) is 0 Å². The van der Waals surface area contributed by atoms with Gasteiger partial charge in [-0.05, 0) is 86.5 Å². The largest absolute Gasteiger partial charge is 0.386 e. The fourth-order valence-electron chi connectivity index (χ4n) is 1.68. The smallest absolute Gasteiger partial charge is 0.322 e. The molecule has 0 unspecified atom stereocenters. The van der Waals surface area contributed by atoms with Crippen LogP contribution in [0.5, 0.6) is 0 Å². The van der Waals surface area contributed by atoms with Crippen LogP contribution in [0.4, 0.5) is 0 Å². The quantitative estimate of drug-likeness (QED) is 0.599. The van der Waals surface area contributed by atoms with Crippen LogP contribution in [0.2, 0.25) is 0 Å². The van der Waals surface area contributed by atoms with Crippen molar-refractivity contribution < 1.29 is 0 Å². The highest BCUT2D eigenvalue weighted by Gasteiger charge is 2.15. The van der Waals surface area contributed by atoms with Gasteiger partial charge in [-0.15, -0.1) is 0 Å². The van der Waals surface area contributed by atoms with Gasteiger partial charge in [0.05, 0.1) is 0 Å². The van der Waals surface area contributed by atoms with Gasteiger partial charge < -0.3 is 13.7 Å². The summed E-state index contributed by atoms with van der Waals surface area (Å²) in [6.45, 7) is 11.8. The van der Waals surface area contributed by atoms with Crippen molar-refractivity contribution >= 4 is 16.5 Å². The van der Waals surface area contributed by atoms with Gasteiger partial charge in [-0.1, -0.05) is 0 Å². The Labute approximate surface area is 117 Å². The Morgan fingerprint density at radius 1 is 0.824 bits per heavy atom. The summed E-state index contributed by atoms with van der Waals surface area (Å²) in [6, 6.07) is 0. The van der Waals surface area contributed by atoms with Crippen LogP contribution in [0.25, 0.3) is 0 Å². The van der Waals surface area contributed by atoms with Crippen molar-refractivity contribution in [3.63, 3.8) is 0 Å². The Kier molecular flexibility index (Phi) is 8.71. The molecule has 0 aliphatic rings. The lowest BCUT2D eigenvalue weighted by Gasteiger charge is -2.34. The van der Waals surface area contributed by atoms with Gasteiger partial charge in [0.25, 0.3) is 0 Å². The van der Waals surface area contributed by atoms with Gasteiger partial charge in [0.1, 0.15) is 0 Å². The molecule has 0 atom stereocenters. The van der Waals surface area contributed by atoms with E-state index in [-0.39, 0.29) is 0 Å². The van der Waals surface area contributed by atoms with Crippen molar-refractivity contribution in [1.82, 2.24) is 13.7 Å². The van der Waals surface area contributed by atoms with Gasteiger partial charge in [0.2, 0.25) is 0 Å². The number of rotatable bonds is 8. The second-order valence-electron chi connectivity index (χ2n) is 6.41. The molecule has 0 aromatic heterocycles. The van der Waals surface area contributed by atoms with Crippen LogP contribution in [0.3, 0.4) is 0 Å². The zero-order valence-corrected chi connectivity index (χ0v) is 15.1. The summed E-state index contributed by atoms with van der Waals surface area (Å²) in [5.74, 6) is 0. The van der Waals surface area contributed by atoms with Crippen molar-refractivity contribution in [2.45, 2.75) is 39.2 Å². The molecule has 4 heteroatoms. The van der Waals surface area contributed by atoms with Crippen molar-refractivity contribution in [3.8, 4) is 0 Å². The second kappa shape index (κ2) is 8.50. The number of hydrogen-bond donors (Lipinski definition) is 0. The van der Waals surface area contributed by atoms with E-state index in [0.29, 0.717) is 5.54 Å². The molecule has 0 aliphatic heterocycles. The zero-order chi connectivity index (χ0) is 13.5. The normalized spacial score (nSPS) is 13.0. The molecule has 0 saturated carbocycles. The van der Waals surface area contributed by atoms with Crippen molar-refractivity contribution in [2.75, 3.05) is 47.3 Å². The van der Waals surface area contributed by atoms with Crippen LogP contribution in [0.15, 0.2) is 0 Å². The van der Waals surface area contributed by atoms with E-state index in [0.717, 1.165) is 0 Å². The topological polar surface area (TPSA) is 9.72 Å². The van der Waals surface area contributed by atoms with Gasteiger partial charge in [0.15, 0.2) is 0 Å². The first-order valence-electron chi connectivity index (χ1n) is 6.78. The minimum Gasteiger partial charge on any atom is -0.386 e. The molecule has 102 valence electrons. The SMILES string of the molecule is CN(C)CCCN(C)CCC[N]([AlH2])C(C)(C)C. The predicted molar refractivity (Wildman–Crippen MR) is 80.3 cm³/mol. The summed E-state index contributed by atoms with van der Waals surface area (Å²) in [5.41, 5.74) is 0.357. The summed E-state index contributed by atoms with van der Waals surface area (Å²) >= 11 is 1.17. The van der Waals surface area contributed by atoms with Gasteiger partial charge in [-0.3, -0.25) is 0 Å². The van der Waals surface area contributed by atoms with E-state index in [4.69, 9.17) is 0 Å². The summed E-state index contributed by atoms with van der Waals surface area (Å²) < 4.78 is 2.57. The Morgan fingerprint density at radius 2 is 1.29 bits per heavy atom. The molecule has 0 aromatic carbocycles. The lowest BCUT2D eigenvalue weighted by Crippen LogP contribution is -2.40. The highest BCUT2D eigenvalue weighted by Crippen LogP contribution is 2.09. The fraction of sp³-hybridized carbons (Fsp3) is 1.00. The summed E-state index contributed by atoms with van der Waals surface area (Å²) in [5, 5.41) is 0. The van der Waals surface area contributed by atoms with E-state index >= 15 is 0 Å². The van der Waals surface area contributed by atoms with Gasteiger partial charge >= 0.3 is 16.5 Å². The molecule has 17 heavy (non-hydrogen) atoms. The van der Waals surface area contributed by atoms with Crippen LogP contribution in [0, 0.1) is 0 Å². The maximum Gasteiger partial charge on any atom is 0.322 e. The third-order valence-corrected chi connectivity index (χ3v) is 5.11. The standard InChI is InChI=1S/C13H30N3.Al.2H/c1-13(2,3)14-9-7-11-16(6)12-8-10-15(4)5;;;/h7-12H2,1-6H3;;;/q-1;+1;;. The van der Waals surface area contributed by atoms with E-state index in [9.17, 15) is 0 Å². The monoisotopic (exact) mass is 257 g/mol. The summed E-state index contributed by atoms with van der Waals surface area (Å²) in [6.07, 6.45) is 2.56. The lowest BCUT2D eigenvalue weighted by molar-refractivity contribution is 0.235. The van der Waals surface area contributed by atoms with Crippen molar-refractivity contribution in [1.29, 1.82) is 0 Å². The first-order valence-corrected chi connectivity index (χ1v) is 7.67. The third kappa shape index (κ3) is 10.1. The van der Waals surface area contributed by atoms with Crippen LogP contribution in [-0.2, 0) is 0 Å². The highest BCUT2D eigenvalue weighted by molar-refractivity contribution is 6.04. The Morgan fingerprint density at radius 3 is 1.71 bits per heavy atom. The first-order chi connectivity index (χ1) is 7.73. The van der Waals surface area contributed by atoms with Gasteiger partial charge in [0, 0.05) is 0 Å². The van der Waals surface area contributed by atoms with E-state index < -0.39 is 0 Å². The molecule has 0 radical (unpaired) electrons. The third-order valence-electron chi connectivity index (χ3n) is 3.32. The molecule has 0 heterocycles. The molecular weight excluding hydrogens is 225 g/mol. The van der Waals surface area contributed by atoms with Gasteiger partial charge in [-0.25, -0.2) is 0 Å². The Balaban J connectivity index is 3.54. The van der Waals surface area contributed by atoms with E-state index in [1.165, 1.54) is 55.5 Å². The van der Waals surface area contributed by atoms with Crippen molar-refractivity contribution in [3.05, 3.63) is 0 Å². The molecule has 0 bridgehead atoms. The molecular formula is C13H32AlN3. The number of hydrogen-bond acceptors (Lipinski definition) is 3. The predicted octanol–water partition coefficient (Wildman–Crippen LogP) is 0.909. The Bertz CT molecular complexity index is 190. The highest BCUT2D eigenvalue weighted by atomic mass is 27.1. The maximum atomic E-state index is 2.57. The van der Waals surface area contributed by atoms with Crippen LogP contribution in [0.1, 0.15) is 33.6 Å². The zero-order valence-electron chi connectivity index (χ0n) is 13.1. The molecule has 0 N–H and O–H groups in total. The minimum absolute atomic E-state index is 0.357. The first kappa shape index (κ1) is 17.4. The molecule has 0 aliphatic carbocycles. The second-order valence-corrected chi connectivity index (χ2v) is 7.49. The molecule has 0 rings (SSSR count). The minimum atomic E-state index is 0.357. The molecule has 0 aromatic rings. The molecule has 3 nitrogen and oxygen atoms in total. The molecule has 0 saturated heterocycles. The summed E-state index contributed by atoms with van der Waals surface area (Å²) in [7, 11) is 6.52. The van der Waals surface area contributed by atoms with E-state index in [1.54, 1.807) is 0 Å². The summed E-state index contributed by atoms with van der Waals surface area (Å²) in [4.78, 5) is 4.72. The van der Waals surface area contributed by atoms with Gasteiger partial charge in [-0.2, -0.15) is 0 Å². The lowest BCUT2D eigenvalue weighted by atomic mass is 10.1. The average Bonchev–Trinajstić information content (AvgIpc) is 2.15. The van der Waals surface area contributed by atoms with Crippen LogP contribution in [-0.4, -0.2) is 83.1 Å². The molecule has 0 spiro atoms. The van der Waals surface area contributed by atoms with Crippen molar-refractivity contribution in [2.24, 2.45) is 0 Å². The van der Waals surface area contributed by atoms with Crippen LogP contribution < -0.4 is 0 Å². The molecule has 0 amide bonds. The van der Waals surface area contributed by atoms with Crippen LogP contribution >= 0.6 is 0 Å². The Hall–Kier alpha value is 0.412. The fourth-order valence-corrected chi connectivity index (χ4v) is 2.00. The molecule has 0 fully saturated rings. The number of nitrogens with zero attached hydrogens (tertiary/aromatic N) is 3.